The van der Waals surface area contributed by atoms with Crippen LogP contribution in [0.3, 0.4) is 0 Å². The maximum atomic E-state index is 9.08. The summed E-state index contributed by atoms with van der Waals surface area (Å²) < 4.78 is 11.9. The molecular weight excluding hydrogens is 310 g/mol. The van der Waals surface area contributed by atoms with Gasteiger partial charge in [-0.05, 0) is 39.7 Å². The highest BCUT2D eigenvalue weighted by molar-refractivity contribution is 9.10. The molecule has 0 saturated heterocycles. The Morgan fingerprint density at radius 1 is 1.16 bits per heavy atom. The van der Waals surface area contributed by atoms with Crippen LogP contribution in [0.4, 0.5) is 0 Å². The SMILES string of the molecule is COc1cc(CO)ccc1OCc1cncc(Br)c1. The van der Waals surface area contributed by atoms with E-state index in [2.05, 4.69) is 20.9 Å². The standard InChI is InChI=1S/C14H14BrNO3/c1-18-14-5-10(8-17)2-3-13(14)19-9-11-4-12(15)7-16-6-11/h2-7,17H,8-9H2,1H3. The third-order valence-electron chi connectivity index (χ3n) is 2.57. The van der Waals surface area contributed by atoms with Crippen LogP contribution in [0, 0.1) is 0 Å². The zero-order chi connectivity index (χ0) is 13.7. The summed E-state index contributed by atoms with van der Waals surface area (Å²) in [6.45, 7) is 0.382. The Morgan fingerprint density at radius 3 is 2.68 bits per heavy atom. The Morgan fingerprint density at radius 2 is 2.00 bits per heavy atom. The van der Waals surface area contributed by atoms with Crippen LogP contribution in [0.25, 0.3) is 0 Å². The fraction of sp³-hybridized carbons (Fsp3) is 0.214. The van der Waals surface area contributed by atoms with E-state index in [1.54, 1.807) is 37.7 Å². The Hall–Kier alpha value is -1.59. The molecule has 2 rings (SSSR count). The number of aromatic nitrogens is 1. The molecule has 1 aromatic heterocycles. The largest absolute Gasteiger partial charge is 0.493 e. The average Bonchev–Trinajstić information content (AvgIpc) is 2.45. The van der Waals surface area contributed by atoms with Crippen LogP contribution in [0.2, 0.25) is 0 Å². The minimum atomic E-state index is -0.0216. The molecule has 1 heterocycles. The lowest BCUT2D eigenvalue weighted by Gasteiger charge is -2.11. The van der Waals surface area contributed by atoms with E-state index in [0.717, 1.165) is 15.6 Å². The van der Waals surface area contributed by atoms with E-state index < -0.39 is 0 Å². The van der Waals surface area contributed by atoms with Gasteiger partial charge in [0.2, 0.25) is 0 Å². The van der Waals surface area contributed by atoms with Gasteiger partial charge in [-0.25, -0.2) is 0 Å². The molecule has 0 saturated carbocycles. The van der Waals surface area contributed by atoms with E-state index in [0.29, 0.717) is 18.1 Å². The molecule has 4 nitrogen and oxygen atoms in total. The molecule has 0 fully saturated rings. The molecule has 0 atom stereocenters. The summed E-state index contributed by atoms with van der Waals surface area (Å²) in [4.78, 5) is 4.08. The molecule has 0 aliphatic heterocycles. The van der Waals surface area contributed by atoms with Crippen molar-refractivity contribution >= 4 is 15.9 Å². The van der Waals surface area contributed by atoms with Crippen LogP contribution in [-0.4, -0.2) is 17.2 Å². The van der Waals surface area contributed by atoms with Crippen molar-refractivity contribution in [1.82, 2.24) is 4.98 Å². The molecule has 0 aliphatic rings. The molecule has 0 amide bonds. The number of ether oxygens (including phenoxy) is 2. The predicted octanol–water partition coefficient (Wildman–Crippen LogP) is 2.92. The van der Waals surface area contributed by atoms with Gasteiger partial charge in [0.05, 0.1) is 13.7 Å². The van der Waals surface area contributed by atoms with Crippen molar-refractivity contribution < 1.29 is 14.6 Å². The van der Waals surface area contributed by atoms with Gasteiger partial charge in [-0.2, -0.15) is 0 Å². The van der Waals surface area contributed by atoms with E-state index in [9.17, 15) is 0 Å². The summed E-state index contributed by atoms with van der Waals surface area (Å²) in [5.41, 5.74) is 1.75. The number of hydrogen-bond acceptors (Lipinski definition) is 4. The van der Waals surface area contributed by atoms with Crippen molar-refractivity contribution in [1.29, 1.82) is 0 Å². The molecule has 0 bridgehead atoms. The number of methoxy groups -OCH3 is 1. The molecule has 5 heteroatoms. The second kappa shape index (κ2) is 6.54. The van der Waals surface area contributed by atoms with E-state index in [1.165, 1.54) is 0 Å². The van der Waals surface area contributed by atoms with Gasteiger partial charge in [0.25, 0.3) is 0 Å². The number of benzene rings is 1. The summed E-state index contributed by atoms with van der Waals surface area (Å²) in [5.74, 6) is 1.24. The topological polar surface area (TPSA) is 51.6 Å². The van der Waals surface area contributed by atoms with Crippen molar-refractivity contribution in [2.45, 2.75) is 13.2 Å². The summed E-state index contributed by atoms with van der Waals surface area (Å²) in [5, 5.41) is 9.08. The van der Waals surface area contributed by atoms with Gasteiger partial charge in [0.15, 0.2) is 11.5 Å². The van der Waals surface area contributed by atoms with Crippen molar-refractivity contribution in [3.05, 3.63) is 52.3 Å². The number of nitrogens with zero attached hydrogens (tertiary/aromatic N) is 1. The Labute approximate surface area is 120 Å². The van der Waals surface area contributed by atoms with Crippen LogP contribution >= 0.6 is 15.9 Å². The van der Waals surface area contributed by atoms with Crippen LogP contribution in [-0.2, 0) is 13.2 Å². The summed E-state index contributed by atoms with van der Waals surface area (Å²) >= 11 is 3.36. The first-order valence-corrected chi connectivity index (χ1v) is 6.52. The molecular formula is C14H14BrNO3. The highest BCUT2D eigenvalue weighted by Crippen LogP contribution is 2.28. The van der Waals surface area contributed by atoms with Crippen molar-refractivity contribution in [3.8, 4) is 11.5 Å². The molecule has 2 aromatic rings. The first kappa shape index (κ1) is 13.8. The molecule has 0 unspecified atom stereocenters. The maximum Gasteiger partial charge on any atom is 0.161 e. The van der Waals surface area contributed by atoms with Gasteiger partial charge in [0, 0.05) is 22.4 Å². The molecule has 19 heavy (non-hydrogen) atoms. The van der Waals surface area contributed by atoms with E-state index >= 15 is 0 Å². The fourth-order valence-corrected chi connectivity index (χ4v) is 2.04. The number of halogens is 1. The van der Waals surface area contributed by atoms with Crippen LogP contribution in [0.15, 0.2) is 41.1 Å². The number of hydrogen-bond donors (Lipinski definition) is 1. The number of pyridine rings is 1. The Balaban J connectivity index is 2.11. The predicted molar refractivity (Wildman–Crippen MR) is 75.2 cm³/mol. The first-order chi connectivity index (χ1) is 9.22. The van der Waals surface area contributed by atoms with E-state index in [-0.39, 0.29) is 6.61 Å². The van der Waals surface area contributed by atoms with E-state index in [1.807, 2.05) is 6.07 Å². The molecule has 0 aliphatic carbocycles. The van der Waals surface area contributed by atoms with Crippen molar-refractivity contribution in [2.75, 3.05) is 7.11 Å². The number of aliphatic hydroxyl groups excluding tert-OH is 1. The second-order valence-electron chi connectivity index (χ2n) is 3.94. The maximum absolute atomic E-state index is 9.08. The minimum Gasteiger partial charge on any atom is -0.493 e. The Kier molecular flexibility index (Phi) is 4.76. The molecule has 100 valence electrons. The highest BCUT2D eigenvalue weighted by atomic mass is 79.9. The fourth-order valence-electron chi connectivity index (χ4n) is 1.63. The van der Waals surface area contributed by atoms with Crippen LogP contribution in [0.1, 0.15) is 11.1 Å². The molecule has 0 radical (unpaired) electrons. The summed E-state index contributed by atoms with van der Waals surface area (Å²) in [6, 6.07) is 7.29. The Bertz CT molecular complexity index is 560. The van der Waals surface area contributed by atoms with Crippen molar-refractivity contribution in [3.63, 3.8) is 0 Å². The van der Waals surface area contributed by atoms with Gasteiger partial charge >= 0.3 is 0 Å². The van der Waals surface area contributed by atoms with Crippen LogP contribution in [0.5, 0.6) is 11.5 Å². The third kappa shape index (κ3) is 3.68. The van der Waals surface area contributed by atoms with Gasteiger partial charge < -0.3 is 14.6 Å². The monoisotopic (exact) mass is 323 g/mol. The van der Waals surface area contributed by atoms with Crippen molar-refractivity contribution in [2.24, 2.45) is 0 Å². The average molecular weight is 324 g/mol. The minimum absolute atomic E-state index is 0.0216. The first-order valence-electron chi connectivity index (χ1n) is 5.73. The summed E-state index contributed by atoms with van der Waals surface area (Å²) in [6.07, 6.45) is 3.47. The van der Waals surface area contributed by atoms with Gasteiger partial charge in [-0.15, -0.1) is 0 Å². The zero-order valence-corrected chi connectivity index (χ0v) is 12.1. The highest BCUT2D eigenvalue weighted by Gasteiger charge is 2.06. The smallest absolute Gasteiger partial charge is 0.161 e. The number of rotatable bonds is 5. The lowest BCUT2D eigenvalue weighted by atomic mass is 10.2. The lowest BCUT2D eigenvalue weighted by molar-refractivity contribution is 0.274. The van der Waals surface area contributed by atoms with E-state index in [4.69, 9.17) is 14.6 Å². The lowest BCUT2D eigenvalue weighted by Crippen LogP contribution is -1.99. The third-order valence-corrected chi connectivity index (χ3v) is 3.00. The molecule has 0 spiro atoms. The second-order valence-corrected chi connectivity index (χ2v) is 4.86. The van der Waals surface area contributed by atoms with Gasteiger partial charge in [-0.1, -0.05) is 6.07 Å². The van der Waals surface area contributed by atoms with Crippen LogP contribution < -0.4 is 9.47 Å². The molecule has 1 aromatic carbocycles. The zero-order valence-electron chi connectivity index (χ0n) is 10.5. The van der Waals surface area contributed by atoms with Gasteiger partial charge in [0.1, 0.15) is 6.61 Å². The quantitative estimate of drug-likeness (QED) is 0.919. The molecule has 1 N–H and O–H groups in total. The number of aliphatic hydroxyl groups is 1. The normalized spacial score (nSPS) is 10.3. The van der Waals surface area contributed by atoms with Gasteiger partial charge in [-0.3, -0.25) is 4.98 Å². The summed E-state index contributed by atoms with van der Waals surface area (Å²) in [7, 11) is 1.57.